The molecule has 2 aliphatic heterocycles. The number of hydrogen-bond acceptors (Lipinski definition) is 7. The molecule has 0 bridgehead atoms. The minimum atomic E-state index is -3.40. The second kappa shape index (κ2) is 14.3. The van der Waals surface area contributed by atoms with E-state index in [2.05, 4.69) is 10.6 Å². The molecular weight excluding hydrogens is 670 g/mol. The van der Waals surface area contributed by atoms with Gasteiger partial charge in [-0.2, -0.15) is 0 Å². The highest BCUT2D eigenvalue weighted by atomic mass is 28.4. The number of aliphatic hydroxyl groups is 1. The van der Waals surface area contributed by atoms with E-state index in [1.54, 1.807) is 111 Å². The second-order valence-electron chi connectivity index (χ2n) is 13.5. The molecule has 1 fully saturated rings. The molecule has 0 radical (unpaired) electrons. The number of amides is 3. The van der Waals surface area contributed by atoms with Crippen molar-refractivity contribution in [1.29, 1.82) is 0 Å². The quantitative estimate of drug-likeness (QED) is 0.114. The van der Waals surface area contributed by atoms with Gasteiger partial charge >= 0.3 is 0 Å². The van der Waals surface area contributed by atoms with Crippen molar-refractivity contribution in [3.63, 3.8) is 0 Å². The first kappa shape index (κ1) is 35.8. The summed E-state index contributed by atoms with van der Waals surface area (Å²) in [6.07, 6.45) is -0.475. The van der Waals surface area contributed by atoms with E-state index in [4.69, 9.17) is 14.2 Å². The Labute approximate surface area is 297 Å². The van der Waals surface area contributed by atoms with Gasteiger partial charge in [-0.3, -0.25) is 14.4 Å². The maximum absolute atomic E-state index is 16.0. The van der Waals surface area contributed by atoms with Gasteiger partial charge in [-0.15, -0.1) is 0 Å². The monoisotopic (exact) mass is 711 g/mol. The van der Waals surface area contributed by atoms with Crippen LogP contribution in [0.3, 0.4) is 0 Å². The zero-order valence-corrected chi connectivity index (χ0v) is 30.2. The number of fused-ring (bicyclic) bond motifs is 2. The summed E-state index contributed by atoms with van der Waals surface area (Å²) in [5, 5.41) is 15.7. The number of nitrogens with zero attached hydrogens (tertiary/aromatic N) is 1. The second-order valence-corrected chi connectivity index (χ2v) is 17.3. The smallest absolute Gasteiger partial charge is 0.264 e. The summed E-state index contributed by atoms with van der Waals surface area (Å²) < 4.78 is 33.0. The minimum Gasteiger partial charge on any atom is -0.497 e. The molecule has 4 aromatic carbocycles. The van der Waals surface area contributed by atoms with Crippen LogP contribution in [0.4, 0.5) is 21.2 Å². The Hall–Kier alpha value is -5.04. The Kier molecular flexibility index (Phi) is 10.0. The fraction of sp³-hybridized carbons (Fsp3) is 0.308. The molecule has 0 saturated carbocycles. The van der Waals surface area contributed by atoms with Gasteiger partial charge in [-0.25, -0.2) is 0 Å². The van der Waals surface area contributed by atoms with E-state index in [9.17, 15) is 19.5 Å². The Morgan fingerprint density at radius 1 is 0.863 bits per heavy atom. The first-order valence-electron chi connectivity index (χ1n) is 16.8. The third-order valence-corrected chi connectivity index (χ3v) is 12.3. The number of anilines is 3. The molecule has 3 N–H and O–H groups in total. The van der Waals surface area contributed by atoms with Crippen LogP contribution in [-0.4, -0.2) is 58.2 Å². The summed E-state index contributed by atoms with van der Waals surface area (Å²) in [7, 11) is -0.286. The molecule has 4 atom stereocenters. The van der Waals surface area contributed by atoms with Gasteiger partial charge in [0.05, 0.1) is 32.6 Å². The van der Waals surface area contributed by atoms with Crippen LogP contribution < -0.4 is 25.0 Å². The first-order valence-corrected chi connectivity index (χ1v) is 19.8. The number of aliphatic hydroxyl groups excluding tert-OH is 1. The van der Waals surface area contributed by atoms with Crippen LogP contribution in [0.15, 0.2) is 91.0 Å². The molecule has 1 spiro atoms. The lowest BCUT2D eigenvalue weighted by atomic mass is 9.82. The zero-order chi connectivity index (χ0) is 36.5. The van der Waals surface area contributed by atoms with Crippen molar-refractivity contribution in [1.82, 2.24) is 0 Å². The van der Waals surface area contributed by atoms with Crippen LogP contribution in [0.1, 0.15) is 45.2 Å². The molecule has 51 heavy (non-hydrogen) atoms. The van der Waals surface area contributed by atoms with Gasteiger partial charge in [0.1, 0.15) is 11.5 Å². The van der Waals surface area contributed by atoms with Gasteiger partial charge in [0.2, 0.25) is 8.41 Å². The standard InChI is InChI=1S/C39H42FN3O7Si/c1-24-35(51(4,5)40)34(20-21-44)50-39(24)32-22-29(42-37(46)27-10-17-31(49-3)18-11-27)14-19-33(32)43(38(39)47)23-25-6-12-28(13-7-25)41-36(45)26-8-15-30(48-2)16-9-26/h6-19,22,24,34-35,44H,20-21,23H2,1-5H3,(H,41,45)(H,42,46)/t24-,34+,35-,39+/m0/s1. The Bertz CT molecular complexity index is 1920. The maximum atomic E-state index is 16.0. The number of nitrogens with one attached hydrogen (secondary N) is 2. The van der Waals surface area contributed by atoms with Crippen molar-refractivity contribution >= 4 is 43.2 Å². The Morgan fingerprint density at radius 3 is 1.90 bits per heavy atom. The molecule has 4 aromatic rings. The lowest BCUT2D eigenvalue weighted by Gasteiger charge is -2.31. The number of rotatable bonds is 11. The fourth-order valence-corrected chi connectivity index (χ4v) is 9.99. The summed E-state index contributed by atoms with van der Waals surface area (Å²) in [5.74, 6) is -0.233. The van der Waals surface area contributed by atoms with Crippen LogP contribution in [-0.2, 0) is 21.7 Å². The first-order chi connectivity index (χ1) is 24.4. The van der Waals surface area contributed by atoms with Crippen molar-refractivity contribution in [2.24, 2.45) is 5.92 Å². The number of benzene rings is 4. The molecule has 12 heteroatoms. The molecule has 1 saturated heterocycles. The van der Waals surface area contributed by atoms with Gasteiger partial charge in [0.15, 0.2) is 5.60 Å². The topological polar surface area (TPSA) is 126 Å². The third kappa shape index (κ3) is 6.86. The van der Waals surface area contributed by atoms with Crippen molar-refractivity contribution in [3.8, 4) is 11.5 Å². The molecule has 10 nitrogen and oxygen atoms in total. The van der Waals surface area contributed by atoms with Crippen LogP contribution in [0.25, 0.3) is 0 Å². The molecule has 266 valence electrons. The highest BCUT2D eigenvalue weighted by Gasteiger charge is 2.66. The number of hydrogen-bond donors (Lipinski definition) is 3. The van der Waals surface area contributed by atoms with E-state index in [-0.39, 0.29) is 37.3 Å². The van der Waals surface area contributed by atoms with Gasteiger partial charge in [0.25, 0.3) is 17.7 Å². The zero-order valence-electron chi connectivity index (χ0n) is 29.2. The van der Waals surface area contributed by atoms with E-state index in [0.29, 0.717) is 45.3 Å². The molecule has 0 aromatic heterocycles. The lowest BCUT2D eigenvalue weighted by Crippen LogP contribution is -2.45. The van der Waals surface area contributed by atoms with Crippen LogP contribution >= 0.6 is 0 Å². The molecule has 2 aliphatic rings. The minimum absolute atomic E-state index is 0.180. The van der Waals surface area contributed by atoms with E-state index in [1.165, 1.54) is 0 Å². The Balaban J connectivity index is 1.30. The Morgan fingerprint density at radius 2 is 1.39 bits per heavy atom. The number of carbonyl (C=O) groups is 3. The lowest BCUT2D eigenvalue weighted by molar-refractivity contribution is -0.146. The maximum Gasteiger partial charge on any atom is 0.264 e. The van der Waals surface area contributed by atoms with Gasteiger partial charge in [0, 0.05) is 46.1 Å². The highest BCUT2D eigenvalue weighted by Crippen LogP contribution is 2.60. The van der Waals surface area contributed by atoms with Crippen LogP contribution in [0.5, 0.6) is 11.5 Å². The average Bonchev–Trinajstić information content (AvgIpc) is 3.55. The molecule has 2 heterocycles. The number of ether oxygens (including phenoxy) is 3. The summed E-state index contributed by atoms with van der Waals surface area (Å²) in [5.41, 5.74) is 1.77. The van der Waals surface area contributed by atoms with Gasteiger partial charge < -0.3 is 39.0 Å². The molecule has 0 unspecified atom stereocenters. The summed E-state index contributed by atoms with van der Waals surface area (Å²) in [6, 6.07) is 25.9. The molecule has 0 aliphatic carbocycles. The summed E-state index contributed by atoms with van der Waals surface area (Å²) >= 11 is 0. The molecule has 3 amide bonds. The number of halogens is 1. The van der Waals surface area contributed by atoms with E-state index < -0.39 is 31.6 Å². The summed E-state index contributed by atoms with van der Waals surface area (Å²) in [6.45, 7) is 5.04. The number of carbonyl (C=O) groups excluding carboxylic acids is 3. The fourth-order valence-electron chi connectivity index (χ4n) is 7.45. The normalized spacial score (nSPS) is 21.0. The average molecular weight is 712 g/mol. The molecular formula is C39H42FN3O7Si. The van der Waals surface area contributed by atoms with E-state index >= 15 is 4.11 Å². The van der Waals surface area contributed by atoms with Crippen molar-refractivity contribution in [2.45, 2.75) is 50.2 Å². The predicted molar refractivity (Wildman–Crippen MR) is 196 cm³/mol. The molecule has 6 rings (SSSR count). The van der Waals surface area contributed by atoms with E-state index in [0.717, 1.165) is 5.56 Å². The van der Waals surface area contributed by atoms with Crippen LogP contribution in [0, 0.1) is 5.92 Å². The predicted octanol–water partition coefficient (Wildman–Crippen LogP) is 6.91. The van der Waals surface area contributed by atoms with Gasteiger partial charge in [-0.05, 0) is 104 Å². The van der Waals surface area contributed by atoms with E-state index in [1.807, 2.05) is 19.1 Å². The van der Waals surface area contributed by atoms with Crippen LogP contribution in [0.2, 0.25) is 18.6 Å². The van der Waals surface area contributed by atoms with Crippen molar-refractivity contribution in [3.05, 3.63) is 113 Å². The third-order valence-electron chi connectivity index (χ3n) is 9.89. The largest absolute Gasteiger partial charge is 0.497 e. The SMILES string of the molecule is COc1ccc(C(=O)Nc2ccc(CN3C(=O)[C@]4(O[C@H](CCO)[C@@H]([Si](C)(C)F)[C@@H]4C)c4cc(NC(=O)c5ccc(OC)cc5)ccc43)cc2)cc1. The van der Waals surface area contributed by atoms with Gasteiger partial charge in [-0.1, -0.05) is 19.1 Å². The summed E-state index contributed by atoms with van der Waals surface area (Å²) in [4.78, 5) is 42.4. The van der Waals surface area contributed by atoms with Crippen molar-refractivity contribution in [2.75, 3.05) is 36.4 Å². The number of methoxy groups -OCH3 is 2. The van der Waals surface area contributed by atoms with Crippen molar-refractivity contribution < 1.29 is 37.8 Å². The highest BCUT2D eigenvalue weighted by molar-refractivity contribution is 6.72.